The van der Waals surface area contributed by atoms with Gasteiger partial charge in [-0.3, -0.25) is 4.90 Å². The molecule has 0 saturated heterocycles. The van der Waals surface area contributed by atoms with E-state index in [4.69, 9.17) is 20.8 Å². The molecule has 1 heterocycles. The number of rotatable bonds is 7. The zero-order valence-corrected chi connectivity index (χ0v) is 12.9. The van der Waals surface area contributed by atoms with Crippen molar-refractivity contribution in [1.82, 2.24) is 9.88 Å². The summed E-state index contributed by atoms with van der Waals surface area (Å²) in [5, 5.41) is 10.4. The van der Waals surface area contributed by atoms with Crippen molar-refractivity contribution < 1.29 is 14.3 Å². The Balaban J connectivity index is 1.95. The van der Waals surface area contributed by atoms with E-state index in [-0.39, 0.29) is 0 Å². The number of aliphatic hydroxyl groups excluding tert-OH is 1. The first-order valence-corrected chi connectivity index (χ1v) is 7.02. The van der Waals surface area contributed by atoms with Crippen molar-refractivity contribution in [3.05, 3.63) is 41.4 Å². The predicted octanol–water partition coefficient (Wildman–Crippen LogP) is 2.43. The average Bonchev–Trinajstić information content (AvgIpc) is 2.88. The molecule has 2 aromatic rings. The van der Waals surface area contributed by atoms with E-state index < -0.39 is 6.10 Å². The standard InChI is InChI=1S/C15H19ClN2O3/c1-18(8-13(19)10-20-2)9-15-17-7-14(21-15)11-3-5-12(16)6-4-11/h3-7,13,19H,8-10H2,1-2H3. The highest BCUT2D eigenvalue weighted by Gasteiger charge is 2.12. The summed E-state index contributed by atoms with van der Waals surface area (Å²) in [6.45, 7) is 1.33. The van der Waals surface area contributed by atoms with Crippen molar-refractivity contribution >= 4 is 11.6 Å². The minimum absolute atomic E-state index is 0.311. The van der Waals surface area contributed by atoms with Crippen LogP contribution < -0.4 is 0 Å². The molecule has 0 bridgehead atoms. The van der Waals surface area contributed by atoms with Crippen molar-refractivity contribution in [3.8, 4) is 11.3 Å². The number of ether oxygens (including phenoxy) is 1. The molecule has 0 aliphatic rings. The van der Waals surface area contributed by atoms with Crippen LogP contribution in [0.4, 0.5) is 0 Å². The molecule has 0 amide bonds. The Morgan fingerprint density at radius 3 is 2.76 bits per heavy atom. The highest BCUT2D eigenvalue weighted by molar-refractivity contribution is 6.30. The van der Waals surface area contributed by atoms with E-state index in [0.29, 0.717) is 36.4 Å². The van der Waals surface area contributed by atoms with E-state index in [2.05, 4.69) is 4.98 Å². The quantitative estimate of drug-likeness (QED) is 0.851. The lowest BCUT2D eigenvalue weighted by Gasteiger charge is -2.18. The molecule has 21 heavy (non-hydrogen) atoms. The van der Waals surface area contributed by atoms with Crippen LogP contribution in [0.15, 0.2) is 34.9 Å². The van der Waals surface area contributed by atoms with Crippen LogP contribution in [0.5, 0.6) is 0 Å². The van der Waals surface area contributed by atoms with Gasteiger partial charge in [0, 0.05) is 24.2 Å². The minimum atomic E-state index is -0.523. The van der Waals surface area contributed by atoms with E-state index in [1.165, 1.54) is 0 Å². The number of nitrogens with zero attached hydrogens (tertiary/aromatic N) is 2. The largest absolute Gasteiger partial charge is 0.439 e. The topological polar surface area (TPSA) is 58.7 Å². The molecule has 1 N–H and O–H groups in total. The molecule has 1 aromatic carbocycles. The number of oxazole rings is 1. The van der Waals surface area contributed by atoms with Gasteiger partial charge in [-0.1, -0.05) is 11.6 Å². The Labute approximate surface area is 129 Å². The van der Waals surface area contributed by atoms with Gasteiger partial charge in [-0.15, -0.1) is 0 Å². The maximum atomic E-state index is 9.68. The summed E-state index contributed by atoms with van der Waals surface area (Å²) in [4.78, 5) is 6.19. The van der Waals surface area contributed by atoms with Gasteiger partial charge < -0.3 is 14.3 Å². The molecule has 1 aromatic heterocycles. The number of hydrogen-bond acceptors (Lipinski definition) is 5. The van der Waals surface area contributed by atoms with Gasteiger partial charge in [0.2, 0.25) is 5.89 Å². The normalized spacial score (nSPS) is 12.8. The van der Waals surface area contributed by atoms with Gasteiger partial charge in [-0.2, -0.15) is 0 Å². The second-order valence-corrected chi connectivity index (χ2v) is 5.37. The Kier molecular flexibility index (Phi) is 5.76. The summed E-state index contributed by atoms with van der Waals surface area (Å²) in [6, 6.07) is 7.40. The van der Waals surface area contributed by atoms with Crippen molar-refractivity contribution in [1.29, 1.82) is 0 Å². The Hall–Kier alpha value is -1.40. The molecular weight excluding hydrogens is 292 g/mol. The Morgan fingerprint density at radius 2 is 2.10 bits per heavy atom. The maximum absolute atomic E-state index is 9.68. The van der Waals surface area contributed by atoms with Crippen molar-refractivity contribution in [3.63, 3.8) is 0 Å². The number of hydrogen-bond donors (Lipinski definition) is 1. The number of likely N-dealkylation sites (N-methyl/N-ethyl adjacent to an activating group) is 1. The molecule has 1 unspecified atom stereocenters. The second kappa shape index (κ2) is 7.56. The summed E-state index contributed by atoms with van der Waals surface area (Å²) in [5.41, 5.74) is 0.931. The summed E-state index contributed by atoms with van der Waals surface area (Å²) in [5.74, 6) is 1.31. The Bertz CT molecular complexity index is 556. The first-order chi connectivity index (χ1) is 10.1. The van der Waals surface area contributed by atoms with E-state index in [1.54, 1.807) is 13.3 Å². The van der Waals surface area contributed by atoms with Crippen LogP contribution in [0.3, 0.4) is 0 Å². The molecule has 0 saturated carbocycles. The van der Waals surface area contributed by atoms with Crippen LogP contribution in [-0.4, -0.2) is 48.4 Å². The van der Waals surface area contributed by atoms with Crippen molar-refractivity contribution in [2.24, 2.45) is 0 Å². The summed E-state index contributed by atoms with van der Waals surface area (Å²) in [7, 11) is 3.46. The van der Waals surface area contributed by atoms with Crippen LogP contribution in [0.2, 0.25) is 5.02 Å². The van der Waals surface area contributed by atoms with Gasteiger partial charge in [-0.05, 0) is 31.3 Å². The predicted molar refractivity (Wildman–Crippen MR) is 81.2 cm³/mol. The van der Waals surface area contributed by atoms with E-state index in [0.717, 1.165) is 5.56 Å². The monoisotopic (exact) mass is 310 g/mol. The lowest BCUT2D eigenvalue weighted by atomic mass is 10.2. The number of benzene rings is 1. The van der Waals surface area contributed by atoms with E-state index in [9.17, 15) is 5.11 Å². The van der Waals surface area contributed by atoms with Gasteiger partial charge in [0.05, 0.1) is 25.5 Å². The van der Waals surface area contributed by atoms with Gasteiger partial charge in [0.15, 0.2) is 5.76 Å². The van der Waals surface area contributed by atoms with E-state index in [1.807, 2.05) is 36.2 Å². The number of aromatic nitrogens is 1. The number of methoxy groups -OCH3 is 1. The highest BCUT2D eigenvalue weighted by atomic mass is 35.5. The Morgan fingerprint density at radius 1 is 1.38 bits per heavy atom. The SMILES string of the molecule is COCC(O)CN(C)Cc1ncc(-c2ccc(Cl)cc2)o1. The van der Waals surface area contributed by atoms with Gasteiger partial charge in [0.25, 0.3) is 0 Å². The molecule has 5 nitrogen and oxygen atoms in total. The fraction of sp³-hybridized carbons (Fsp3) is 0.400. The zero-order valence-electron chi connectivity index (χ0n) is 12.1. The molecule has 0 aliphatic heterocycles. The fourth-order valence-corrected chi connectivity index (χ4v) is 2.16. The third-order valence-corrected chi connectivity index (χ3v) is 3.22. The number of aliphatic hydroxyl groups is 1. The fourth-order valence-electron chi connectivity index (χ4n) is 2.03. The molecule has 0 aliphatic carbocycles. The maximum Gasteiger partial charge on any atom is 0.209 e. The molecule has 114 valence electrons. The van der Waals surface area contributed by atoms with Gasteiger partial charge in [-0.25, -0.2) is 4.98 Å². The molecule has 0 fully saturated rings. The van der Waals surface area contributed by atoms with Crippen LogP contribution in [0.1, 0.15) is 5.89 Å². The van der Waals surface area contributed by atoms with Crippen LogP contribution in [0.25, 0.3) is 11.3 Å². The van der Waals surface area contributed by atoms with E-state index >= 15 is 0 Å². The molecule has 1 atom stereocenters. The van der Waals surface area contributed by atoms with Crippen LogP contribution in [0, 0.1) is 0 Å². The lowest BCUT2D eigenvalue weighted by Crippen LogP contribution is -2.31. The number of halogens is 1. The molecule has 0 spiro atoms. The zero-order chi connectivity index (χ0) is 15.2. The smallest absolute Gasteiger partial charge is 0.209 e. The minimum Gasteiger partial charge on any atom is -0.439 e. The molecule has 0 radical (unpaired) electrons. The first-order valence-electron chi connectivity index (χ1n) is 6.64. The first kappa shape index (κ1) is 16.0. The molecule has 6 heteroatoms. The summed E-state index contributed by atoms with van der Waals surface area (Å²) < 4.78 is 10.6. The summed E-state index contributed by atoms with van der Waals surface area (Å²) >= 11 is 5.86. The van der Waals surface area contributed by atoms with Crippen molar-refractivity contribution in [2.45, 2.75) is 12.6 Å². The third kappa shape index (κ3) is 4.82. The van der Waals surface area contributed by atoms with Crippen LogP contribution >= 0.6 is 11.6 Å². The lowest BCUT2D eigenvalue weighted by molar-refractivity contribution is 0.0404. The van der Waals surface area contributed by atoms with Crippen LogP contribution in [-0.2, 0) is 11.3 Å². The van der Waals surface area contributed by atoms with Crippen molar-refractivity contribution in [2.75, 3.05) is 27.3 Å². The molecular formula is C15H19ClN2O3. The summed E-state index contributed by atoms with van der Waals surface area (Å²) in [6.07, 6.45) is 1.17. The average molecular weight is 311 g/mol. The third-order valence-electron chi connectivity index (χ3n) is 2.97. The molecule has 2 rings (SSSR count). The second-order valence-electron chi connectivity index (χ2n) is 4.93. The van der Waals surface area contributed by atoms with Gasteiger partial charge >= 0.3 is 0 Å². The van der Waals surface area contributed by atoms with Gasteiger partial charge in [0.1, 0.15) is 0 Å². The highest BCUT2D eigenvalue weighted by Crippen LogP contribution is 2.22.